The van der Waals surface area contributed by atoms with Crippen molar-refractivity contribution in [1.82, 2.24) is 0 Å². The van der Waals surface area contributed by atoms with Crippen LogP contribution in [0.4, 0.5) is 29.3 Å². The van der Waals surface area contributed by atoms with Crippen LogP contribution in [0.15, 0.2) is 47.4 Å². The summed E-state index contributed by atoms with van der Waals surface area (Å²) in [6, 6.07) is 7.71. The number of carbonyl (C=O) groups is 1. The Hall–Kier alpha value is -2.95. The van der Waals surface area contributed by atoms with E-state index in [0.717, 1.165) is 30.3 Å². The van der Waals surface area contributed by atoms with E-state index in [9.17, 15) is 26.4 Å². The maximum absolute atomic E-state index is 13.1. The summed E-state index contributed by atoms with van der Waals surface area (Å²) in [4.78, 5) is 11.3. The van der Waals surface area contributed by atoms with Gasteiger partial charge in [-0.25, -0.2) is 13.2 Å². The summed E-state index contributed by atoms with van der Waals surface area (Å²) < 4.78 is 76.7. The van der Waals surface area contributed by atoms with Crippen LogP contribution in [0.3, 0.4) is 0 Å². The molecule has 2 N–H and O–H groups in total. The molecule has 0 fully saturated rings. The Morgan fingerprint density at radius 1 is 1.03 bits per heavy atom. The van der Waals surface area contributed by atoms with Gasteiger partial charge in [-0.2, -0.15) is 13.2 Å². The van der Waals surface area contributed by atoms with Crippen molar-refractivity contribution in [2.45, 2.75) is 24.9 Å². The molecule has 0 saturated carbocycles. The summed E-state index contributed by atoms with van der Waals surface area (Å²) in [6.07, 6.45) is -5.58. The normalized spacial score (nSPS) is 11.6. The number of amides is 1. The van der Waals surface area contributed by atoms with Gasteiger partial charge in [-0.15, -0.1) is 0 Å². The first-order valence-corrected chi connectivity index (χ1v) is 9.96. The van der Waals surface area contributed by atoms with Crippen molar-refractivity contribution in [2.75, 3.05) is 23.3 Å². The van der Waals surface area contributed by atoms with Gasteiger partial charge in [-0.05, 0) is 44.2 Å². The van der Waals surface area contributed by atoms with Gasteiger partial charge in [0.15, 0.2) is 0 Å². The average molecular weight is 432 g/mol. The molecule has 0 aromatic heterocycles. The molecule has 0 aliphatic heterocycles. The molecule has 0 aliphatic carbocycles. The third-order valence-corrected chi connectivity index (χ3v) is 4.91. The third-order valence-electron chi connectivity index (χ3n) is 3.55. The number of rotatable bonds is 7. The van der Waals surface area contributed by atoms with E-state index in [4.69, 9.17) is 9.47 Å². The number of hydrogen-bond acceptors (Lipinski definition) is 5. The van der Waals surface area contributed by atoms with Gasteiger partial charge in [-0.3, -0.25) is 10.0 Å². The molecule has 0 aliphatic rings. The first-order chi connectivity index (χ1) is 13.6. The molecule has 1 amide bonds. The Kier molecular flexibility index (Phi) is 6.96. The Morgan fingerprint density at radius 3 is 2.34 bits per heavy atom. The van der Waals surface area contributed by atoms with E-state index in [1.807, 2.05) is 4.72 Å². The van der Waals surface area contributed by atoms with Gasteiger partial charge < -0.3 is 9.47 Å². The van der Waals surface area contributed by atoms with Crippen LogP contribution >= 0.6 is 0 Å². The van der Waals surface area contributed by atoms with Crippen LogP contribution in [0.25, 0.3) is 0 Å². The lowest BCUT2D eigenvalue weighted by Crippen LogP contribution is -2.18. The number of halogens is 3. The highest BCUT2D eigenvalue weighted by Crippen LogP contribution is 2.36. The quantitative estimate of drug-likeness (QED) is 0.673. The Morgan fingerprint density at radius 2 is 1.72 bits per heavy atom. The van der Waals surface area contributed by atoms with Gasteiger partial charge in [0.25, 0.3) is 10.0 Å². The fraction of sp³-hybridized carbons (Fsp3) is 0.278. The number of ether oxygens (including phenoxy) is 2. The van der Waals surface area contributed by atoms with E-state index >= 15 is 0 Å². The minimum Gasteiger partial charge on any atom is -0.492 e. The largest absolute Gasteiger partial charge is 0.492 e. The molecule has 29 heavy (non-hydrogen) atoms. The molecule has 7 nitrogen and oxygen atoms in total. The molecule has 0 radical (unpaired) electrons. The maximum Gasteiger partial charge on any atom is 0.418 e. The second kappa shape index (κ2) is 9.03. The number of alkyl halides is 3. The Labute approximate surface area is 165 Å². The predicted octanol–water partition coefficient (Wildman–Crippen LogP) is 4.47. The zero-order chi connectivity index (χ0) is 21.7. The fourth-order valence-electron chi connectivity index (χ4n) is 2.36. The number of hydrogen-bond donors (Lipinski definition) is 2. The number of sulfonamides is 1. The van der Waals surface area contributed by atoms with Crippen molar-refractivity contribution in [3.8, 4) is 5.75 Å². The zero-order valence-electron chi connectivity index (χ0n) is 15.5. The molecule has 0 unspecified atom stereocenters. The lowest BCUT2D eigenvalue weighted by Gasteiger charge is -2.16. The molecule has 0 bridgehead atoms. The molecule has 0 spiro atoms. The minimum atomic E-state index is -4.74. The van der Waals surface area contributed by atoms with Gasteiger partial charge in [0, 0.05) is 0 Å². The third kappa shape index (κ3) is 5.76. The topological polar surface area (TPSA) is 93.7 Å². The summed E-state index contributed by atoms with van der Waals surface area (Å²) in [5, 5.41) is 2.35. The van der Waals surface area contributed by atoms with Crippen LogP contribution in [-0.4, -0.2) is 27.7 Å². The molecule has 0 heterocycles. The predicted molar refractivity (Wildman–Crippen MR) is 101 cm³/mol. The summed E-state index contributed by atoms with van der Waals surface area (Å²) in [7, 11) is -4.40. The Balaban J connectivity index is 2.41. The average Bonchev–Trinajstić information content (AvgIpc) is 2.62. The minimum absolute atomic E-state index is 0.00252. The number of benzene rings is 2. The Bertz CT molecular complexity index is 978. The first-order valence-electron chi connectivity index (χ1n) is 8.48. The molecule has 2 aromatic carbocycles. The number of para-hydroxylation sites is 1. The highest BCUT2D eigenvalue weighted by atomic mass is 32.2. The van der Waals surface area contributed by atoms with Crippen molar-refractivity contribution in [1.29, 1.82) is 0 Å². The molecule has 11 heteroatoms. The highest BCUT2D eigenvalue weighted by molar-refractivity contribution is 7.92. The van der Waals surface area contributed by atoms with E-state index in [0.29, 0.717) is 0 Å². The van der Waals surface area contributed by atoms with E-state index in [1.54, 1.807) is 13.8 Å². The summed E-state index contributed by atoms with van der Waals surface area (Å²) in [6.45, 7) is 3.60. The van der Waals surface area contributed by atoms with Crippen LogP contribution in [-0.2, 0) is 20.9 Å². The van der Waals surface area contributed by atoms with Crippen LogP contribution in [0.2, 0.25) is 0 Å². The van der Waals surface area contributed by atoms with Gasteiger partial charge in [0.2, 0.25) is 0 Å². The van der Waals surface area contributed by atoms with Crippen LogP contribution in [0.5, 0.6) is 5.75 Å². The second-order valence-corrected chi connectivity index (χ2v) is 7.27. The summed E-state index contributed by atoms with van der Waals surface area (Å²) in [5.74, 6) is 0.176. The number of nitrogens with one attached hydrogen (secondary N) is 2. The monoisotopic (exact) mass is 432 g/mol. The molecule has 2 aromatic rings. The van der Waals surface area contributed by atoms with Crippen molar-refractivity contribution in [3.63, 3.8) is 0 Å². The molecule has 2 rings (SSSR count). The van der Waals surface area contributed by atoms with E-state index < -0.39 is 33.5 Å². The molecule has 0 saturated heterocycles. The molecule has 158 valence electrons. The van der Waals surface area contributed by atoms with Gasteiger partial charge in [0.05, 0.1) is 35.0 Å². The van der Waals surface area contributed by atoms with E-state index in [2.05, 4.69) is 5.32 Å². The van der Waals surface area contributed by atoms with Gasteiger partial charge in [0.1, 0.15) is 5.75 Å². The van der Waals surface area contributed by atoms with Crippen molar-refractivity contribution in [2.24, 2.45) is 0 Å². The number of carbonyl (C=O) groups excluding carboxylic acids is 1. The molecular formula is C18H19F3N2O5S. The SMILES string of the molecule is CCOC(=O)Nc1cc(S(=O)(=O)Nc2ccccc2C(F)(F)F)ccc1OCC. The van der Waals surface area contributed by atoms with Crippen molar-refractivity contribution in [3.05, 3.63) is 48.0 Å². The lowest BCUT2D eigenvalue weighted by molar-refractivity contribution is -0.136. The van der Waals surface area contributed by atoms with Crippen molar-refractivity contribution < 1.29 is 35.9 Å². The second-order valence-electron chi connectivity index (χ2n) is 5.59. The standard InChI is InChI=1S/C18H19F3N2O5S/c1-3-27-16-10-9-12(11-15(16)22-17(24)28-4-2)29(25,26)23-14-8-6-5-7-13(14)18(19,20)21/h5-11,23H,3-4H2,1-2H3,(H,22,24). The molecule has 0 atom stereocenters. The van der Waals surface area contributed by atoms with E-state index in [-0.39, 0.29) is 29.5 Å². The first kappa shape index (κ1) is 22.3. The van der Waals surface area contributed by atoms with Gasteiger partial charge in [-0.1, -0.05) is 12.1 Å². The fourth-order valence-corrected chi connectivity index (χ4v) is 3.46. The maximum atomic E-state index is 13.1. The smallest absolute Gasteiger partial charge is 0.418 e. The van der Waals surface area contributed by atoms with E-state index in [1.165, 1.54) is 12.1 Å². The molecular weight excluding hydrogens is 413 g/mol. The van der Waals surface area contributed by atoms with Gasteiger partial charge >= 0.3 is 12.3 Å². The summed E-state index contributed by atoms with van der Waals surface area (Å²) in [5.41, 5.74) is -1.74. The van der Waals surface area contributed by atoms with Crippen LogP contribution in [0.1, 0.15) is 19.4 Å². The summed E-state index contributed by atoms with van der Waals surface area (Å²) >= 11 is 0. The zero-order valence-corrected chi connectivity index (χ0v) is 16.4. The van der Waals surface area contributed by atoms with Crippen LogP contribution in [0, 0.1) is 0 Å². The van der Waals surface area contributed by atoms with Crippen molar-refractivity contribution >= 4 is 27.5 Å². The lowest BCUT2D eigenvalue weighted by atomic mass is 10.2. The number of anilines is 2. The highest BCUT2D eigenvalue weighted by Gasteiger charge is 2.34. The van der Waals surface area contributed by atoms with Crippen LogP contribution < -0.4 is 14.8 Å².